The van der Waals surface area contributed by atoms with Crippen molar-refractivity contribution >= 4 is 28.3 Å². The molecule has 1 saturated carbocycles. The molecule has 1 aliphatic rings. The number of pyridine rings is 2. The van der Waals surface area contributed by atoms with Gasteiger partial charge in [0.15, 0.2) is 5.82 Å². The van der Waals surface area contributed by atoms with Crippen LogP contribution in [-0.4, -0.2) is 37.7 Å². The molecule has 3 aromatic heterocycles. The topological polar surface area (TPSA) is 97.6 Å². The van der Waals surface area contributed by atoms with Crippen molar-refractivity contribution in [2.75, 3.05) is 17.7 Å². The lowest BCUT2D eigenvalue weighted by Gasteiger charge is -2.12. The van der Waals surface area contributed by atoms with Gasteiger partial charge in [-0.05, 0) is 35.9 Å². The highest BCUT2D eigenvalue weighted by Gasteiger charge is 2.29. The number of hydrogen-bond donors (Lipinski definition) is 2. The molecule has 1 aliphatic carbocycles. The van der Waals surface area contributed by atoms with Crippen molar-refractivity contribution in [3.8, 4) is 22.5 Å². The summed E-state index contributed by atoms with van der Waals surface area (Å²) in [7, 11) is 3.68. The van der Waals surface area contributed by atoms with Crippen molar-refractivity contribution < 1.29 is 4.79 Å². The first-order chi connectivity index (χ1) is 14.6. The Labute approximate surface area is 173 Å². The monoisotopic (exact) mass is 399 g/mol. The second-order valence-electron chi connectivity index (χ2n) is 7.47. The summed E-state index contributed by atoms with van der Waals surface area (Å²) in [5.74, 6) is 2.12. The van der Waals surface area contributed by atoms with Gasteiger partial charge in [-0.15, -0.1) is 0 Å². The van der Waals surface area contributed by atoms with Crippen LogP contribution in [0.4, 0.5) is 11.6 Å². The minimum Gasteiger partial charge on any atom is -0.373 e. The molecule has 0 bridgehead atoms. The van der Waals surface area contributed by atoms with Crippen LogP contribution in [-0.2, 0) is 11.8 Å². The van der Waals surface area contributed by atoms with E-state index in [0.29, 0.717) is 11.6 Å². The molecule has 5 rings (SSSR count). The van der Waals surface area contributed by atoms with Gasteiger partial charge >= 0.3 is 0 Å². The molecule has 3 heterocycles. The minimum atomic E-state index is 0.0366. The number of hydrogen-bond acceptors (Lipinski definition) is 6. The van der Waals surface area contributed by atoms with E-state index in [0.717, 1.165) is 46.1 Å². The van der Waals surface area contributed by atoms with E-state index in [1.807, 2.05) is 50.6 Å². The lowest BCUT2D eigenvalue weighted by Crippen LogP contribution is -2.14. The van der Waals surface area contributed by atoms with E-state index in [4.69, 9.17) is 0 Å². The molecule has 0 aliphatic heterocycles. The maximum atomic E-state index is 12.2. The molecule has 0 saturated heterocycles. The molecule has 8 nitrogen and oxygen atoms in total. The average molecular weight is 399 g/mol. The lowest BCUT2D eigenvalue weighted by molar-refractivity contribution is -0.117. The Kier molecular flexibility index (Phi) is 4.39. The van der Waals surface area contributed by atoms with Gasteiger partial charge < -0.3 is 10.6 Å². The Balaban J connectivity index is 1.61. The third-order valence-electron chi connectivity index (χ3n) is 5.24. The maximum absolute atomic E-state index is 12.2. The first-order valence-corrected chi connectivity index (χ1v) is 9.86. The number of rotatable bonds is 5. The summed E-state index contributed by atoms with van der Waals surface area (Å²) in [5.41, 5.74) is 2.87. The van der Waals surface area contributed by atoms with Crippen LogP contribution >= 0.6 is 0 Å². The summed E-state index contributed by atoms with van der Waals surface area (Å²) in [6, 6.07) is 9.97. The van der Waals surface area contributed by atoms with E-state index in [-0.39, 0.29) is 11.8 Å². The van der Waals surface area contributed by atoms with Crippen molar-refractivity contribution in [2.24, 2.45) is 13.0 Å². The van der Waals surface area contributed by atoms with Gasteiger partial charge in [0.25, 0.3) is 0 Å². The number of anilines is 2. The molecule has 1 amide bonds. The normalized spacial score (nSPS) is 13.4. The van der Waals surface area contributed by atoms with Crippen molar-refractivity contribution in [1.29, 1.82) is 0 Å². The standard InChI is InChI=1S/C22H21N7O/c1-23-21-18-11-24-19(27-22(30)13-6-7-13)9-16(18)17(10-25-21)14-4-3-5-15(8-14)20-26-12-29(2)28-20/h3-5,8-13H,6-7H2,1-2H3,(H,23,25)(H,24,27,30). The van der Waals surface area contributed by atoms with Gasteiger partial charge in [-0.1, -0.05) is 18.2 Å². The summed E-state index contributed by atoms with van der Waals surface area (Å²) in [6.07, 6.45) is 7.18. The summed E-state index contributed by atoms with van der Waals surface area (Å²) in [6.45, 7) is 0. The number of amides is 1. The second kappa shape index (κ2) is 7.22. The van der Waals surface area contributed by atoms with Crippen LogP contribution in [0.2, 0.25) is 0 Å². The number of carbonyl (C=O) groups is 1. The molecule has 8 heteroatoms. The van der Waals surface area contributed by atoms with E-state index >= 15 is 0 Å². The van der Waals surface area contributed by atoms with Gasteiger partial charge in [0.2, 0.25) is 5.91 Å². The average Bonchev–Trinajstić information content (AvgIpc) is 3.53. The van der Waals surface area contributed by atoms with E-state index < -0.39 is 0 Å². The smallest absolute Gasteiger partial charge is 0.228 e. The Morgan fingerprint density at radius 1 is 1.07 bits per heavy atom. The van der Waals surface area contributed by atoms with Crippen LogP contribution in [0.5, 0.6) is 0 Å². The molecule has 1 fully saturated rings. The Morgan fingerprint density at radius 3 is 2.63 bits per heavy atom. The van der Waals surface area contributed by atoms with Crippen molar-refractivity contribution in [3.63, 3.8) is 0 Å². The molecule has 4 aromatic rings. The summed E-state index contributed by atoms with van der Waals surface area (Å²) in [5, 5.41) is 12.3. The summed E-state index contributed by atoms with van der Waals surface area (Å²) in [4.78, 5) is 25.5. The largest absolute Gasteiger partial charge is 0.373 e. The fourth-order valence-electron chi connectivity index (χ4n) is 3.50. The minimum absolute atomic E-state index is 0.0366. The molecule has 30 heavy (non-hydrogen) atoms. The highest BCUT2D eigenvalue weighted by atomic mass is 16.2. The van der Waals surface area contributed by atoms with Gasteiger partial charge in [-0.25, -0.2) is 15.0 Å². The third-order valence-corrected chi connectivity index (χ3v) is 5.24. The number of nitrogens with one attached hydrogen (secondary N) is 2. The fourth-order valence-corrected chi connectivity index (χ4v) is 3.50. The molecule has 0 unspecified atom stereocenters. The maximum Gasteiger partial charge on any atom is 0.228 e. The van der Waals surface area contributed by atoms with Crippen LogP contribution < -0.4 is 10.6 Å². The number of benzene rings is 1. The number of carbonyl (C=O) groups excluding carboxylic acids is 1. The van der Waals surface area contributed by atoms with Gasteiger partial charge in [0, 0.05) is 48.9 Å². The van der Waals surface area contributed by atoms with Gasteiger partial charge in [0.05, 0.1) is 0 Å². The Bertz CT molecular complexity index is 1260. The zero-order valence-corrected chi connectivity index (χ0v) is 16.8. The Hall–Kier alpha value is -3.81. The highest BCUT2D eigenvalue weighted by Crippen LogP contribution is 2.35. The Morgan fingerprint density at radius 2 is 1.90 bits per heavy atom. The fraction of sp³-hybridized carbons (Fsp3) is 0.227. The molecule has 0 radical (unpaired) electrons. The van der Waals surface area contributed by atoms with Crippen LogP contribution in [0, 0.1) is 5.92 Å². The molecular formula is C22H21N7O. The third kappa shape index (κ3) is 3.36. The first-order valence-electron chi connectivity index (χ1n) is 9.86. The molecule has 150 valence electrons. The predicted octanol–water partition coefficient (Wildman–Crippen LogP) is 3.48. The zero-order valence-electron chi connectivity index (χ0n) is 16.8. The van der Waals surface area contributed by atoms with Crippen LogP contribution in [0.3, 0.4) is 0 Å². The number of aromatic nitrogens is 5. The van der Waals surface area contributed by atoms with E-state index in [2.05, 4.69) is 30.7 Å². The molecule has 1 aromatic carbocycles. The molecular weight excluding hydrogens is 378 g/mol. The van der Waals surface area contributed by atoms with E-state index in [1.54, 1.807) is 17.2 Å². The van der Waals surface area contributed by atoms with Crippen molar-refractivity contribution in [3.05, 3.63) is 49.1 Å². The van der Waals surface area contributed by atoms with Crippen molar-refractivity contribution in [2.45, 2.75) is 12.8 Å². The number of aryl methyl sites for hydroxylation is 1. The van der Waals surface area contributed by atoms with Crippen LogP contribution in [0.1, 0.15) is 12.8 Å². The van der Waals surface area contributed by atoms with E-state index in [1.165, 1.54) is 0 Å². The first kappa shape index (κ1) is 18.2. The van der Waals surface area contributed by atoms with Gasteiger partial charge in [-0.3, -0.25) is 9.48 Å². The summed E-state index contributed by atoms with van der Waals surface area (Å²) >= 11 is 0. The second-order valence-corrected chi connectivity index (χ2v) is 7.47. The number of fused-ring (bicyclic) bond motifs is 1. The summed E-state index contributed by atoms with van der Waals surface area (Å²) < 4.78 is 1.68. The molecule has 0 atom stereocenters. The van der Waals surface area contributed by atoms with Crippen LogP contribution in [0.15, 0.2) is 49.1 Å². The van der Waals surface area contributed by atoms with Gasteiger partial charge in [-0.2, -0.15) is 5.10 Å². The van der Waals surface area contributed by atoms with E-state index in [9.17, 15) is 4.79 Å². The SMILES string of the molecule is CNc1ncc(-c2cccc(-c3ncn(C)n3)c2)c2cc(NC(=O)C3CC3)ncc12. The van der Waals surface area contributed by atoms with Crippen LogP contribution in [0.25, 0.3) is 33.3 Å². The predicted molar refractivity (Wildman–Crippen MR) is 116 cm³/mol. The zero-order chi connectivity index (χ0) is 20.7. The number of nitrogens with zero attached hydrogens (tertiary/aromatic N) is 5. The lowest BCUT2D eigenvalue weighted by atomic mass is 9.99. The molecule has 2 N–H and O–H groups in total. The van der Waals surface area contributed by atoms with Crippen molar-refractivity contribution in [1.82, 2.24) is 24.7 Å². The quantitative estimate of drug-likeness (QED) is 0.533. The van der Waals surface area contributed by atoms with Gasteiger partial charge in [0.1, 0.15) is 18.0 Å². The highest BCUT2D eigenvalue weighted by molar-refractivity contribution is 6.04. The molecule has 0 spiro atoms.